The van der Waals surface area contributed by atoms with Gasteiger partial charge in [0.15, 0.2) is 0 Å². The van der Waals surface area contributed by atoms with Crippen LogP contribution < -0.4 is 17.0 Å². The minimum atomic E-state index is -0.398. The number of hydrogen-bond donors (Lipinski definition) is 1. The average Bonchev–Trinajstić information content (AvgIpc) is 3.09. The standard InChI is InChI=1S/C20H15Br2ClN4O2/c1-25-15-9-27(10-7-12(21)17(24)13(22)8-10)18(11-5-3-4-6-14(11)23)16(15)19(28)26(2)20(25)29/h3-9H,24H2,1-2H3. The van der Waals surface area contributed by atoms with E-state index in [-0.39, 0.29) is 5.56 Å². The number of aryl methyl sites for hydroxylation is 1. The van der Waals surface area contributed by atoms with Crippen molar-refractivity contribution in [3.63, 3.8) is 0 Å². The summed E-state index contributed by atoms with van der Waals surface area (Å²) >= 11 is 13.4. The van der Waals surface area contributed by atoms with Gasteiger partial charge in [0, 0.05) is 45.5 Å². The van der Waals surface area contributed by atoms with Gasteiger partial charge in [-0.1, -0.05) is 29.8 Å². The van der Waals surface area contributed by atoms with Crippen LogP contribution in [-0.4, -0.2) is 13.7 Å². The van der Waals surface area contributed by atoms with Crippen LogP contribution in [0.15, 0.2) is 61.1 Å². The molecule has 2 heterocycles. The molecule has 4 aromatic rings. The lowest BCUT2D eigenvalue weighted by Crippen LogP contribution is -2.36. The summed E-state index contributed by atoms with van der Waals surface area (Å²) in [4.78, 5) is 25.6. The number of aromatic nitrogens is 3. The predicted octanol–water partition coefficient (Wildman–Crippen LogP) is 4.46. The van der Waals surface area contributed by atoms with Gasteiger partial charge in [0.2, 0.25) is 0 Å². The van der Waals surface area contributed by atoms with Crippen LogP contribution in [0.1, 0.15) is 0 Å². The summed E-state index contributed by atoms with van der Waals surface area (Å²) in [6, 6.07) is 11.0. The molecule has 0 radical (unpaired) electrons. The fraction of sp³-hybridized carbons (Fsp3) is 0.100. The maximum absolute atomic E-state index is 13.1. The van der Waals surface area contributed by atoms with Gasteiger partial charge in [0.05, 0.1) is 22.3 Å². The fourth-order valence-electron chi connectivity index (χ4n) is 3.37. The van der Waals surface area contributed by atoms with Gasteiger partial charge < -0.3 is 10.3 Å². The van der Waals surface area contributed by atoms with Gasteiger partial charge in [-0.15, -0.1) is 0 Å². The molecule has 0 aliphatic rings. The largest absolute Gasteiger partial charge is 0.397 e. The van der Waals surface area contributed by atoms with Crippen LogP contribution in [0.2, 0.25) is 5.02 Å². The van der Waals surface area contributed by atoms with Crippen molar-refractivity contribution in [2.75, 3.05) is 5.73 Å². The highest BCUT2D eigenvalue weighted by Crippen LogP contribution is 2.37. The lowest BCUT2D eigenvalue weighted by molar-refractivity contribution is 0.714. The maximum atomic E-state index is 13.1. The Kier molecular flexibility index (Phi) is 4.96. The molecule has 0 bridgehead atoms. The van der Waals surface area contributed by atoms with Crippen LogP contribution >= 0.6 is 43.5 Å². The van der Waals surface area contributed by atoms with Crippen molar-refractivity contribution in [2.24, 2.45) is 14.1 Å². The highest BCUT2D eigenvalue weighted by molar-refractivity contribution is 9.11. The zero-order valence-corrected chi connectivity index (χ0v) is 19.3. The van der Waals surface area contributed by atoms with E-state index in [9.17, 15) is 9.59 Å². The van der Waals surface area contributed by atoms with E-state index in [1.165, 1.54) is 11.6 Å². The monoisotopic (exact) mass is 536 g/mol. The van der Waals surface area contributed by atoms with Crippen LogP contribution in [0, 0.1) is 0 Å². The summed E-state index contributed by atoms with van der Waals surface area (Å²) in [5, 5.41) is 0.907. The quantitative estimate of drug-likeness (QED) is 0.383. The van der Waals surface area contributed by atoms with Crippen LogP contribution in [0.3, 0.4) is 0 Å². The molecule has 0 fully saturated rings. The molecule has 29 heavy (non-hydrogen) atoms. The van der Waals surface area contributed by atoms with E-state index in [2.05, 4.69) is 31.9 Å². The normalized spacial score (nSPS) is 11.3. The Balaban J connectivity index is 2.25. The number of nitrogen functional groups attached to an aromatic ring is 1. The van der Waals surface area contributed by atoms with Gasteiger partial charge in [0.1, 0.15) is 0 Å². The first-order valence-electron chi connectivity index (χ1n) is 8.53. The summed E-state index contributed by atoms with van der Waals surface area (Å²) in [7, 11) is 3.11. The number of anilines is 1. The molecular formula is C20H15Br2ClN4O2. The molecule has 0 saturated heterocycles. The van der Waals surface area contributed by atoms with Crippen molar-refractivity contribution in [3.8, 4) is 16.9 Å². The van der Waals surface area contributed by atoms with Gasteiger partial charge in [-0.2, -0.15) is 0 Å². The van der Waals surface area contributed by atoms with Gasteiger partial charge in [-0.05, 0) is 50.1 Å². The Bertz CT molecular complexity index is 1400. The summed E-state index contributed by atoms with van der Waals surface area (Å²) < 4.78 is 5.80. The Hall–Kier alpha value is -2.29. The molecule has 0 unspecified atom stereocenters. The lowest BCUT2D eigenvalue weighted by Gasteiger charge is -2.13. The van der Waals surface area contributed by atoms with Gasteiger partial charge in [0.25, 0.3) is 5.56 Å². The second-order valence-corrected chi connectivity index (χ2v) is 8.73. The Morgan fingerprint density at radius 2 is 1.62 bits per heavy atom. The van der Waals surface area contributed by atoms with Crippen molar-refractivity contribution in [1.29, 1.82) is 0 Å². The first kappa shape index (κ1) is 20.0. The van der Waals surface area contributed by atoms with Gasteiger partial charge >= 0.3 is 5.69 Å². The summed E-state index contributed by atoms with van der Waals surface area (Å²) in [6.07, 6.45) is 1.77. The Morgan fingerprint density at radius 1 is 1.00 bits per heavy atom. The average molecular weight is 539 g/mol. The first-order chi connectivity index (χ1) is 13.7. The maximum Gasteiger partial charge on any atom is 0.330 e. The SMILES string of the molecule is Cn1c(=O)c2c(-c3ccccc3Cl)n(-c3cc(Br)c(N)c(Br)c3)cc2n(C)c1=O. The number of halogens is 3. The van der Waals surface area contributed by atoms with Gasteiger partial charge in [-0.3, -0.25) is 13.9 Å². The summed E-state index contributed by atoms with van der Waals surface area (Å²) in [5.41, 5.74) is 8.37. The van der Waals surface area contributed by atoms with E-state index < -0.39 is 5.69 Å². The molecule has 2 aromatic carbocycles. The van der Waals surface area contributed by atoms with E-state index in [1.807, 2.05) is 34.9 Å². The third-order valence-electron chi connectivity index (χ3n) is 4.91. The molecule has 0 amide bonds. The zero-order valence-electron chi connectivity index (χ0n) is 15.4. The second-order valence-electron chi connectivity index (χ2n) is 6.62. The van der Waals surface area contributed by atoms with Crippen LogP contribution in [-0.2, 0) is 14.1 Å². The molecule has 2 aromatic heterocycles. The molecule has 9 heteroatoms. The molecule has 0 spiro atoms. The van der Waals surface area contributed by atoms with Crippen LogP contribution in [0.4, 0.5) is 5.69 Å². The highest BCUT2D eigenvalue weighted by atomic mass is 79.9. The molecule has 4 rings (SSSR count). The van der Waals surface area contributed by atoms with Crippen molar-refractivity contribution in [3.05, 3.63) is 77.4 Å². The zero-order chi connectivity index (χ0) is 21.0. The minimum absolute atomic E-state index is 0.384. The second kappa shape index (κ2) is 7.19. The van der Waals surface area contributed by atoms with Crippen LogP contribution in [0.25, 0.3) is 27.8 Å². The van der Waals surface area contributed by atoms with Crippen molar-refractivity contribution < 1.29 is 0 Å². The van der Waals surface area contributed by atoms with Crippen LogP contribution in [0.5, 0.6) is 0 Å². The molecule has 0 atom stereocenters. The third kappa shape index (κ3) is 3.06. The predicted molar refractivity (Wildman–Crippen MR) is 124 cm³/mol. The molecule has 0 aliphatic carbocycles. The van der Waals surface area contributed by atoms with Crippen molar-refractivity contribution >= 4 is 60.1 Å². The van der Waals surface area contributed by atoms with E-state index in [1.54, 1.807) is 19.3 Å². The fourth-order valence-corrected chi connectivity index (χ4v) is 4.76. The smallest absolute Gasteiger partial charge is 0.330 e. The van der Waals surface area contributed by atoms with Crippen molar-refractivity contribution in [2.45, 2.75) is 0 Å². The number of fused-ring (bicyclic) bond motifs is 1. The molecule has 0 aliphatic heterocycles. The number of benzene rings is 2. The van der Waals surface area contributed by atoms with Gasteiger partial charge in [-0.25, -0.2) is 4.79 Å². The third-order valence-corrected chi connectivity index (χ3v) is 6.55. The molecule has 6 nitrogen and oxygen atoms in total. The van der Waals surface area contributed by atoms with E-state index in [0.29, 0.717) is 41.8 Å². The molecule has 148 valence electrons. The topological polar surface area (TPSA) is 75.0 Å². The van der Waals surface area contributed by atoms with E-state index in [0.717, 1.165) is 10.3 Å². The van der Waals surface area contributed by atoms with E-state index >= 15 is 0 Å². The first-order valence-corrected chi connectivity index (χ1v) is 10.5. The molecule has 2 N–H and O–H groups in total. The summed E-state index contributed by atoms with van der Waals surface area (Å²) in [6.45, 7) is 0. The number of hydrogen-bond acceptors (Lipinski definition) is 3. The van der Waals surface area contributed by atoms with Crippen molar-refractivity contribution in [1.82, 2.24) is 13.7 Å². The number of rotatable bonds is 2. The minimum Gasteiger partial charge on any atom is -0.397 e. The number of nitrogens with two attached hydrogens (primary N) is 1. The van der Waals surface area contributed by atoms with E-state index in [4.69, 9.17) is 17.3 Å². The summed E-state index contributed by atoms with van der Waals surface area (Å²) in [5.74, 6) is 0. The highest BCUT2D eigenvalue weighted by Gasteiger charge is 2.22. The number of nitrogens with zero attached hydrogens (tertiary/aromatic N) is 3. The lowest BCUT2D eigenvalue weighted by atomic mass is 10.1. The Morgan fingerprint density at radius 3 is 2.24 bits per heavy atom. The molecule has 0 saturated carbocycles. The molecular weight excluding hydrogens is 524 g/mol. The Labute approximate surface area is 187 Å².